The van der Waals surface area contributed by atoms with Crippen LogP contribution in [-0.4, -0.2) is 20.9 Å². The fraction of sp³-hybridized carbons (Fsp3) is 0.0233. The smallest absolute Gasteiger partial charge is 0.211 e. The number of para-hydroxylation sites is 2. The number of hydrogen-bond acceptors (Lipinski definition) is 3. The summed E-state index contributed by atoms with van der Waals surface area (Å²) >= 11 is 0. The van der Waals surface area contributed by atoms with Gasteiger partial charge in [-0.2, -0.15) is 4.99 Å². The van der Waals surface area contributed by atoms with Crippen molar-refractivity contribution in [3.63, 3.8) is 0 Å². The third-order valence-corrected chi connectivity index (χ3v) is 9.55. The van der Waals surface area contributed by atoms with E-state index in [4.69, 9.17) is 9.98 Å². The summed E-state index contributed by atoms with van der Waals surface area (Å²) in [6.07, 6.45) is -0.295. The van der Waals surface area contributed by atoms with Crippen LogP contribution in [0.15, 0.2) is 174 Å². The number of aliphatic imine (C=N–C) groups is 2. The van der Waals surface area contributed by atoms with Gasteiger partial charge in [-0.05, 0) is 52.7 Å². The Balaban J connectivity index is 1.31. The van der Waals surface area contributed by atoms with Crippen molar-refractivity contribution in [1.82, 2.24) is 14.5 Å². The molecule has 1 unspecified atom stereocenters. The number of fused-ring (bicyclic) bond motifs is 8. The average Bonchev–Trinajstić information content (AvgIpc) is 3.67. The number of nitrogens with zero attached hydrogens (tertiary/aromatic N) is 4. The molecule has 3 heterocycles. The lowest BCUT2D eigenvalue weighted by Gasteiger charge is -2.24. The first-order chi connectivity index (χ1) is 23.8. The summed E-state index contributed by atoms with van der Waals surface area (Å²) in [6, 6.07) is 57.9. The Morgan fingerprint density at radius 3 is 1.96 bits per heavy atom. The maximum absolute atomic E-state index is 5.23. The van der Waals surface area contributed by atoms with E-state index in [1.807, 2.05) is 24.3 Å². The minimum atomic E-state index is -0.295. The second-order valence-electron chi connectivity index (χ2n) is 12.3. The van der Waals surface area contributed by atoms with E-state index in [1.54, 1.807) is 0 Å². The van der Waals surface area contributed by atoms with Crippen LogP contribution in [0.5, 0.6) is 0 Å². The molecule has 1 aliphatic rings. The fourth-order valence-corrected chi connectivity index (χ4v) is 7.40. The molecular weight excluding hydrogens is 587 g/mol. The van der Waals surface area contributed by atoms with Crippen molar-refractivity contribution in [1.29, 1.82) is 0 Å². The Labute approximate surface area is 276 Å². The van der Waals surface area contributed by atoms with Gasteiger partial charge in [-0.1, -0.05) is 127 Å². The van der Waals surface area contributed by atoms with Crippen LogP contribution < -0.4 is 5.32 Å². The first-order valence-corrected chi connectivity index (χ1v) is 16.3. The van der Waals surface area contributed by atoms with Crippen LogP contribution in [0.4, 0.5) is 0 Å². The summed E-state index contributed by atoms with van der Waals surface area (Å²) in [5.74, 6) is 1.45. The lowest BCUT2D eigenvalue weighted by atomic mass is 10.0. The van der Waals surface area contributed by atoms with Crippen LogP contribution in [0, 0.1) is 0 Å². The molecule has 5 nitrogen and oxygen atoms in total. The van der Waals surface area contributed by atoms with Gasteiger partial charge in [0.2, 0.25) is 5.96 Å². The Morgan fingerprint density at radius 1 is 0.479 bits per heavy atom. The van der Waals surface area contributed by atoms with E-state index in [0.29, 0.717) is 5.84 Å². The van der Waals surface area contributed by atoms with E-state index in [-0.39, 0.29) is 6.17 Å². The Morgan fingerprint density at radius 2 is 1.15 bits per heavy atom. The third-order valence-electron chi connectivity index (χ3n) is 9.55. The normalized spacial score (nSPS) is 14.9. The third kappa shape index (κ3) is 4.04. The molecule has 0 amide bonds. The lowest BCUT2D eigenvalue weighted by Crippen LogP contribution is -2.37. The van der Waals surface area contributed by atoms with Gasteiger partial charge >= 0.3 is 0 Å². The van der Waals surface area contributed by atoms with E-state index in [9.17, 15) is 0 Å². The van der Waals surface area contributed by atoms with Gasteiger partial charge in [-0.25, -0.2) is 4.99 Å². The molecule has 0 aliphatic carbocycles. The highest BCUT2D eigenvalue weighted by atomic mass is 15.3. The highest BCUT2D eigenvalue weighted by Crippen LogP contribution is 2.41. The summed E-state index contributed by atoms with van der Waals surface area (Å²) in [7, 11) is 0. The van der Waals surface area contributed by atoms with Crippen LogP contribution in [0.1, 0.15) is 17.3 Å². The standard InChI is InChI=1S/C43H29N5/c1-4-15-29(16-5-1)41-44-42(30-17-6-2-7-18-30)46-43(45-41)48-36-23-13-12-22-33(36)34-26-35-39(27-38(34)48)47(31-19-8-3-9-20-31)37-25-24-28-14-10-11-21-32(28)40(35)37/h1-27,41H,(H,44,45,46). The van der Waals surface area contributed by atoms with Gasteiger partial charge in [0, 0.05) is 32.8 Å². The van der Waals surface area contributed by atoms with Crippen molar-refractivity contribution in [3.05, 3.63) is 175 Å². The van der Waals surface area contributed by atoms with Crippen LogP contribution in [0.3, 0.4) is 0 Å². The predicted octanol–water partition coefficient (Wildman–Crippen LogP) is 10.00. The molecular formula is C43H29N5. The first kappa shape index (κ1) is 26.7. The lowest BCUT2D eigenvalue weighted by molar-refractivity contribution is 0.661. The zero-order valence-electron chi connectivity index (χ0n) is 26.0. The quantitative estimate of drug-likeness (QED) is 0.211. The molecule has 9 aromatic rings. The topological polar surface area (TPSA) is 46.6 Å². The summed E-state index contributed by atoms with van der Waals surface area (Å²) in [6.45, 7) is 0. The van der Waals surface area contributed by atoms with Crippen molar-refractivity contribution < 1.29 is 0 Å². The Kier molecular flexibility index (Phi) is 5.87. The van der Waals surface area contributed by atoms with E-state index < -0.39 is 0 Å². The molecule has 1 atom stereocenters. The van der Waals surface area contributed by atoms with Crippen molar-refractivity contribution in [3.8, 4) is 5.69 Å². The SMILES string of the molecule is c1ccc(C2=NC(c3ccccc3)NC(n3c4ccccc4c4cc5c6c7ccccc7ccc6n(-c6ccccc6)c5cc43)=N2)cc1. The zero-order chi connectivity index (χ0) is 31.6. The second-order valence-corrected chi connectivity index (χ2v) is 12.3. The van der Waals surface area contributed by atoms with E-state index >= 15 is 0 Å². The van der Waals surface area contributed by atoms with Crippen LogP contribution in [0.2, 0.25) is 0 Å². The largest absolute Gasteiger partial charge is 0.330 e. The molecule has 10 rings (SSSR count). The Hall–Kier alpha value is -6.46. The van der Waals surface area contributed by atoms with Gasteiger partial charge in [0.25, 0.3) is 0 Å². The van der Waals surface area contributed by atoms with E-state index in [2.05, 4.69) is 154 Å². The number of hydrogen-bond donors (Lipinski definition) is 1. The van der Waals surface area contributed by atoms with Crippen LogP contribution in [0.25, 0.3) is 60.1 Å². The van der Waals surface area contributed by atoms with Crippen molar-refractivity contribution in [2.24, 2.45) is 9.98 Å². The molecule has 0 radical (unpaired) electrons. The maximum atomic E-state index is 5.23. The summed E-state index contributed by atoms with van der Waals surface area (Å²) in [5, 5.41) is 11.1. The summed E-state index contributed by atoms with van der Waals surface area (Å²) < 4.78 is 4.68. The van der Waals surface area contributed by atoms with Gasteiger partial charge < -0.3 is 9.88 Å². The minimum Gasteiger partial charge on any atom is -0.330 e. The van der Waals surface area contributed by atoms with Crippen molar-refractivity contribution in [2.75, 3.05) is 0 Å². The molecule has 2 aromatic heterocycles. The van der Waals surface area contributed by atoms with Crippen molar-refractivity contribution >= 4 is 66.2 Å². The Bertz CT molecular complexity index is 2740. The maximum Gasteiger partial charge on any atom is 0.211 e. The number of benzene rings is 7. The van der Waals surface area contributed by atoms with Crippen LogP contribution >= 0.6 is 0 Å². The molecule has 0 spiro atoms. The van der Waals surface area contributed by atoms with E-state index in [1.165, 1.54) is 37.8 Å². The summed E-state index contributed by atoms with van der Waals surface area (Å²) in [5.41, 5.74) is 7.71. The van der Waals surface area contributed by atoms with Gasteiger partial charge in [0.15, 0.2) is 5.84 Å². The highest BCUT2D eigenvalue weighted by Gasteiger charge is 2.25. The minimum absolute atomic E-state index is 0.295. The van der Waals surface area contributed by atoms with Crippen LogP contribution in [-0.2, 0) is 0 Å². The molecule has 226 valence electrons. The molecule has 0 bridgehead atoms. The molecule has 1 aliphatic heterocycles. The van der Waals surface area contributed by atoms with Crippen molar-refractivity contribution in [2.45, 2.75) is 6.17 Å². The number of amidine groups is 1. The van der Waals surface area contributed by atoms with Gasteiger partial charge in [0.05, 0.1) is 22.1 Å². The number of rotatable bonds is 3. The monoisotopic (exact) mass is 615 g/mol. The fourth-order valence-electron chi connectivity index (χ4n) is 7.40. The average molecular weight is 616 g/mol. The van der Waals surface area contributed by atoms with E-state index in [0.717, 1.165) is 39.3 Å². The van der Waals surface area contributed by atoms with Gasteiger partial charge in [-0.3, -0.25) is 4.57 Å². The molecule has 0 saturated carbocycles. The molecule has 0 fully saturated rings. The highest BCUT2D eigenvalue weighted by molar-refractivity contribution is 6.26. The molecule has 5 heteroatoms. The van der Waals surface area contributed by atoms with Gasteiger partial charge in [-0.15, -0.1) is 0 Å². The summed E-state index contributed by atoms with van der Waals surface area (Å²) in [4.78, 5) is 10.3. The van der Waals surface area contributed by atoms with Gasteiger partial charge in [0.1, 0.15) is 6.17 Å². The molecule has 0 saturated heterocycles. The number of aromatic nitrogens is 2. The molecule has 1 N–H and O–H groups in total. The molecule has 48 heavy (non-hydrogen) atoms. The zero-order valence-corrected chi connectivity index (χ0v) is 26.0. The first-order valence-electron chi connectivity index (χ1n) is 16.3. The molecule has 7 aromatic carbocycles. The second kappa shape index (κ2) is 10.5. The predicted molar refractivity (Wildman–Crippen MR) is 199 cm³/mol. The number of nitrogens with one attached hydrogen (secondary N) is 1.